The van der Waals surface area contributed by atoms with Gasteiger partial charge in [-0.2, -0.15) is 23.0 Å². The number of carbonyl (C=O) groups is 1. The van der Waals surface area contributed by atoms with Crippen molar-refractivity contribution in [1.82, 2.24) is 20.0 Å². The van der Waals surface area contributed by atoms with E-state index in [1.165, 1.54) is 12.4 Å². The normalized spacial score (nSPS) is 12.2. The summed E-state index contributed by atoms with van der Waals surface area (Å²) in [6.07, 6.45) is -1.11. The number of hydrogen-bond acceptors (Lipinski definition) is 5. The van der Waals surface area contributed by atoms with Crippen molar-refractivity contribution >= 4 is 22.6 Å². The fourth-order valence-corrected chi connectivity index (χ4v) is 1.80. The van der Waals surface area contributed by atoms with Gasteiger partial charge in [-0.15, -0.1) is 10.2 Å². The SMILES string of the molecule is NC(=O)/C=C(\[S+]=O)n1cc(-c2ccc(C(F)(F)F)nn2)cn1. The topological polar surface area (TPSA) is 104 Å². The van der Waals surface area contributed by atoms with Gasteiger partial charge in [0.25, 0.3) is 0 Å². The Kier molecular flexibility index (Phi) is 4.26. The third kappa shape index (κ3) is 3.49. The molecule has 7 nitrogen and oxygen atoms in total. The highest BCUT2D eigenvalue weighted by Crippen LogP contribution is 2.27. The molecule has 114 valence electrons. The van der Waals surface area contributed by atoms with Crippen molar-refractivity contribution in [2.24, 2.45) is 5.73 Å². The average molecular weight is 330 g/mol. The minimum Gasteiger partial charge on any atom is -0.366 e. The van der Waals surface area contributed by atoms with Crippen LogP contribution in [0.25, 0.3) is 16.3 Å². The van der Waals surface area contributed by atoms with Gasteiger partial charge in [0, 0.05) is 16.0 Å². The summed E-state index contributed by atoms with van der Waals surface area (Å²) in [5, 5.41) is 10.3. The first-order valence-corrected chi connectivity index (χ1v) is 6.32. The van der Waals surface area contributed by atoms with Gasteiger partial charge in [-0.1, -0.05) is 0 Å². The van der Waals surface area contributed by atoms with Crippen molar-refractivity contribution in [3.05, 3.63) is 36.3 Å². The van der Waals surface area contributed by atoms with E-state index in [-0.39, 0.29) is 22.4 Å². The zero-order valence-electron chi connectivity index (χ0n) is 10.6. The van der Waals surface area contributed by atoms with E-state index in [1.54, 1.807) is 0 Å². The molecule has 0 radical (unpaired) electrons. The van der Waals surface area contributed by atoms with E-state index in [2.05, 4.69) is 15.3 Å². The summed E-state index contributed by atoms with van der Waals surface area (Å²) < 4.78 is 49.1. The van der Waals surface area contributed by atoms with Crippen LogP contribution in [0.1, 0.15) is 5.69 Å². The molecule has 0 unspecified atom stereocenters. The van der Waals surface area contributed by atoms with Crippen molar-refractivity contribution in [3.8, 4) is 11.3 Å². The maximum Gasteiger partial charge on any atom is 0.527 e. The number of nitrogens with zero attached hydrogens (tertiary/aromatic N) is 4. The van der Waals surface area contributed by atoms with E-state index in [9.17, 15) is 22.2 Å². The highest BCUT2D eigenvalue weighted by Gasteiger charge is 2.33. The average Bonchev–Trinajstić information content (AvgIpc) is 2.93. The van der Waals surface area contributed by atoms with Gasteiger partial charge in [-0.05, 0) is 12.1 Å². The van der Waals surface area contributed by atoms with Crippen LogP contribution in [0.3, 0.4) is 0 Å². The Labute approximate surface area is 125 Å². The Balaban J connectivity index is 2.32. The third-order valence-corrected chi connectivity index (χ3v) is 2.89. The first-order chi connectivity index (χ1) is 10.3. The van der Waals surface area contributed by atoms with E-state index in [0.717, 1.165) is 22.9 Å². The smallest absolute Gasteiger partial charge is 0.366 e. The number of amides is 1. The molecule has 2 aromatic heterocycles. The van der Waals surface area contributed by atoms with E-state index in [1.807, 2.05) is 0 Å². The summed E-state index contributed by atoms with van der Waals surface area (Å²) >= 11 is -0.00837. The molecule has 2 rings (SSSR count). The van der Waals surface area contributed by atoms with Gasteiger partial charge in [-0.25, -0.2) is 0 Å². The molecule has 0 aromatic carbocycles. The minimum atomic E-state index is -4.58. The van der Waals surface area contributed by atoms with Crippen LogP contribution in [-0.2, 0) is 26.8 Å². The molecule has 0 fully saturated rings. The third-order valence-electron chi connectivity index (χ3n) is 2.41. The largest absolute Gasteiger partial charge is 0.527 e. The molecular weight excluding hydrogens is 323 g/mol. The number of halogens is 3. The van der Waals surface area contributed by atoms with Crippen molar-refractivity contribution in [1.29, 1.82) is 0 Å². The fraction of sp³-hybridized carbons (Fsp3) is 0.0909. The molecule has 2 heterocycles. The standard InChI is InChI=1S/C11H6F3N5O2S/c12-11(13,14)8-2-1-7(17-18-8)6-4-16-19(5-6)10(22-21)3-9(15)20/h1-5H,(H-,15,20)/p+1/b10-3-. The molecule has 2 aromatic rings. The molecule has 0 bridgehead atoms. The highest BCUT2D eigenvalue weighted by molar-refractivity contribution is 7.76. The number of carbonyl (C=O) groups excluding carboxylic acids is 1. The Hall–Kier alpha value is -2.69. The number of alkyl halides is 3. The van der Waals surface area contributed by atoms with Crippen LogP contribution < -0.4 is 5.73 Å². The van der Waals surface area contributed by atoms with Crippen LogP contribution in [0.15, 0.2) is 30.6 Å². The quantitative estimate of drug-likeness (QED) is 0.667. The van der Waals surface area contributed by atoms with Gasteiger partial charge in [0.15, 0.2) is 5.69 Å². The molecule has 0 spiro atoms. The van der Waals surface area contributed by atoms with Gasteiger partial charge >= 0.3 is 22.9 Å². The molecule has 0 saturated carbocycles. The second kappa shape index (κ2) is 5.97. The van der Waals surface area contributed by atoms with Gasteiger partial charge < -0.3 is 5.73 Å². The van der Waals surface area contributed by atoms with Gasteiger partial charge in [0.2, 0.25) is 5.91 Å². The Bertz CT molecular complexity index is 739. The molecule has 0 saturated heterocycles. The zero-order valence-corrected chi connectivity index (χ0v) is 11.4. The predicted molar refractivity (Wildman–Crippen MR) is 69.8 cm³/mol. The fourth-order valence-electron chi connectivity index (χ4n) is 1.46. The molecular formula is C11H7F3N5O2S+. The number of aromatic nitrogens is 4. The number of primary amides is 1. The summed E-state index contributed by atoms with van der Waals surface area (Å²) in [5.41, 5.74) is 4.28. The zero-order chi connectivity index (χ0) is 16.3. The predicted octanol–water partition coefficient (Wildman–Crippen LogP) is 1.07. The van der Waals surface area contributed by atoms with E-state index in [0.29, 0.717) is 5.56 Å². The monoisotopic (exact) mass is 330 g/mol. The molecule has 1 amide bonds. The van der Waals surface area contributed by atoms with Crippen LogP contribution >= 0.6 is 0 Å². The summed E-state index contributed by atoms with van der Waals surface area (Å²) in [6.45, 7) is 0. The second-order valence-corrected chi connectivity index (χ2v) is 4.53. The second-order valence-electron chi connectivity index (χ2n) is 3.94. The molecule has 11 heteroatoms. The van der Waals surface area contributed by atoms with Crippen LogP contribution in [0.5, 0.6) is 0 Å². The molecule has 22 heavy (non-hydrogen) atoms. The lowest BCUT2D eigenvalue weighted by Crippen LogP contribution is -2.09. The maximum absolute atomic E-state index is 12.4. The van der Waals surface area contributed by atoms with E-state index < -0.39 is 17.8 Å². The summed E-state index contributed by atoms with van der Waals surface area (Å²) in [5.74, 6) is -0.829. The highest BCUT2D eigenvalue weighted by atomic mass is 32.1. The van der Waals surface area contributed by atoms with Gasteiger partial charge in [0.1, 0.15) is 0 Å². The first-order valence-electron chi connectivity index (χ1n) is 5.58. The van der Waals surface area contributed by atoms with Crippen molar-refractivity contribution in [2.75, 3.05) is 0 Å². The molecule has 0 aliphatic carbocycles. The lowest BCUT2D eigenvalue weighted by molar-refractivity contribution is -0.141. The first kappa shape index (κ1) is 15.7. The van der Waals surface area contributed by atoms with E-state index >= 15 is 0 Å². The minimum absolute atomic E-state index is 0.00837. The lowest BCUT2D eigenvalue weighted by Gasteiger charge is -2.04. The molecule has 2 N–H and O–H groups in total. The van der Waals surface area contributed by atoms with Crippen LogP contribution in [0.2, 0.25) is 0 Å². The molecule has 0 atom stereocenters. The number of hydrogen-bond donors (Lipinski definition) is 1. The number of rotatable bonds is 4. The van der Waals surface area contributed by atoms with Gasteiger partial charge in [0.05, 0.1) is 18.0 Å². The van der Waals surface area contributed by atoms with Crippen molar-refractivity contribution < 1.29 is 22.2 Å². The maximum atomic E-state index is 12.4. The summed E-state index contributed by atoms with van der Waals surface area (Å²) in [6, 6.07) is 1.90. The molecule has 0 aliphatic heterocycles. The van der Waals surface area contributed by atoms with Crippen LogP contribution in [0.4, 0.5) is 13.2 Å². The van der Waals surface area contributed by atoms with Crippen LogP contribution in [-0.4, -0.2) is 25.9 Å². The lowest BCUT2D eigenvalue weighted by atomic mass is 10.2. The Morgan fingerprint density at radius 1 is 1.32 bits per heavy atom. The van der Waals surface area contributed by atoms with Gasteiger partial charge in [-0.3, -0.25) is 4.79 Å². The molecule has 0 aliphatic rings. The Morgan fingerprint density at radius 3 is 2.55 bits per heavy atom. The number of nitrogens with two attached hydrogens (primary N) is 1. The van der Waals surface area contributed by atoms with Crippen molar-refractivity contribution in [3.63, 3.8) is 0 Å². The van der Waals surface area contributed by atoms with Crippen molar-refractivity contribution in [2.45, 2.75) is 6.18 Å². The van der Waals surface area contributed by atoms with Crippen LogP contribution in [0, 0.1) is 0 Å². The summed E-state index contributed by atoms with van der Waals surface area (Å²) in [4.78, 5) is 10.8. The Morgan fingerprint density at radius 2 is 2.05 bits per heavy atom. The summed E-state index contributed by atoms with van der Waals surface area (Å²) in [7, 11) is 0. The van der Waals surface area contributed by atoms with E-state index in [4.69, 9.17) is 5.73 Å².